The molecule has 0 aromatic carbocycles. The molecule has 1 saturated heterocycles. The maximum absolute atomic E-state index is 12.6. The minimum atomic E-state index is -0.888. The van der Waals surface area contributed by atoms with Gasteiger partial charge in [0, 0.05) is 38.2 Å². The second-order valence-electron chi connectivity index (χ2n) is 5.04. The number of carbonyl (C=O) groups excluding carboxylic acids is 1. The van der Waals surface area contributed by atoms with Crippen molar-refractivity contribution in [2.24, 2.45) is 0 Å². The Morgan fingerprint density at radius 2 is 2.10 bits per heavy atom. The molecule has 110 valence electrons. The smallest absolute Gasteiger partial charge is 0.305 e. The Hall–Kier alpha value is -1.82. The second-order valence-corrected chi connectivity index (χ2v) is 5.04. The van der Waals surface area contributed by atoms with E-state index in [0.717, 1.165) is 18.4 Å². The Kier molecular flexibility index (Phi) is 4.79. The van der Waals surface area contributed by atoms with Gasteiger partial charge < -0.3 is 19.7 Å². The molecule has 2 rings (SSSR count). The van der Waals surface area contributed by atoms with Gasteiger partial charge in [0.1, 0.15) is 0 Å². The number of ether oxygens (including phenoxy) is 1. The molecule has 1 aromatic heterocycles. The molecule has 1 amide bonds. The largest absolute Gasteiger partial charge is 0.481 e. The van der Waals surface area contributed by atoms with Crippen LogP contribution in [0.15, 0.2) is 12.4 Å². The summed E-state index contributed by atoms with van der Waals surface area (Å²) in [5.41, 5.74) is 1.49. The first-order chi connectivity index (χ1) is 9.59. The zero-order chi connectivity index (χ0) is 14.5. The van der Waals surface area contributed by atoms with Crippen molar-refractivity contribution in [2.75, 3.05) is 19.8 Å². The Morgan fingerprint density at radius 1 is 1.40 bits per heavy atom. The van der Waals surface area contributed by atoms with Crippen LogP contribution in [0.3, 0.4) is 0 Å². The standard InChI is InChI=1S/C14H20N2O4/c1-10-8-15-9-12(10)14(19)16(5-2-13(17)18)11-3-6-20-7-4-11/h8-9,11,15H,2-7H2,1H3,(H,17,18). The highest BCUT2D eigenvalue weighted by Crippen LogP contribution is 2.19. The highest BCUT2D eigenvalue weighted by atomic mass is 16.5. The fourth-order valence-corrected chi connectivity index (χ4v) is 2.49. The number of amides is 1. The van der Waals surface area contributed by atoms with Gasteiger partial charge in [-0.25, -0.2) is 0 Å². The van der Waals surface area contributed by atoms with Gasteiger partial charge in [0.15, 0.2) is 0 Å². The van der Waals surface area contributed by atoms with Crippen molar-refractivity contribution >= 4 is 11.9 Å². The first kappa shape index (κ1) is 14.6. The highest BCUT2D eigenvalue weighted by Gasteiger charge is 2.27. The number of H-pyrrole nitrogens is 1. The topological polar surface area (TPSA) is 82.6 Å². The SMILES string of the molecule is Cc1c[nH]cc1C(=O)N(CCC(=O)O)C1CCOCC1. The molecule has 0 atom stereocenters. The third-order valence-electron chi connectivity index (χ3n) is 3.64. The molecule has 2 N–H and O–H groups in total. The fraction of sp³-hybridized carbons (Fsp3) is 0.571. The molecule has 1 aliphatic heterocycles. The number of rotatable bonds is 5. The van der Waals surface area contributed by atoms with Crippen molar-refractivity contribution in [3.05, 3.63) is 23.5 Å². The van der Waals surface area contributed by atoms with Crippen LogP contribution in [-0.2, 0) is 9.53 Å². The molecule has 0 saturated carbocycles. The van der Waals surface area contributed by atoms with Crippen LogP contribution in [0.2, 0.25) is 0 Å². The van der Waals surface area contributed by atoms with Crippen LogP contribution in [0.25, 0.3) is 0 Å². The second kappa shape index (κ2) is 6.56. The predicted molar refractivity (Wildman–Crippen MR) is 72.7 cm³/mol. The average Bonchev–Trinajstić information content (AvgIpc) is 2.86. The summed E-state index contributed by atoms with van der Waals surface area (Å²) in [6.45, 7) is 3.34. The molecule has 1 aliphatic rings. The maximum atomic E-state index is 12.6. The van der Waals surface area contributed by atoms with Gasteiger partial charge in [-0.2, -0.15) is 0 Å². The first-order valence-corrected chi connectivity index (χ1v) is 6.83. The van der Waals surface area contributed by atoms with Crippen LogP contribution in [-0.4, -0.2) is 52.7 Å². The molecular formula is C14H20N2O4. The third kappa shape index (κ3) is 3.39. The van der Waals surface area contributed by atoms with Crippen molar-refractivity contribution in [3.8, 4) is 0 Å². The lowest BCUT2D eigenvalue weighted by molar-refractivity contribution is -0.137. The van der Waals surface area contributed by atoms with E-state index in [1.807, 2.05) is 6.92 Å². The van der Waals surface area contributed by atoms with Crippen LogP contribution in [0, 0.1) is 6.92 Å². The van der Waals surface area contributed by atoms with Crippen LogP contribution in [0.5, 0.6) is 0 Å². The number of aromatic nitrogens is 1. The lowest BCUT2D eigenvalue weighted by Crippen LogP contribution is -2.44. The van der Waals surface area contributed by atoms with Gasteiger partial charge in [0.25, 0.3) is 5.91 Å². The molecule has 1 aromatic rings. The Labute approximate surface area is 117 Å². The minimum absolute atomic E-state index is 0.0352. The monoisotopic (exact) mass is 280 g/mol. The molecule has 6 heteroatoms. The number of aliphatic carboxylic acids is 1. The summed E-state index contributed by atoms with van der Waals surface area (Å²) in [5, 5.41) is 8.86. The van der Waals surface area contributed by atoms with E-state index in [0.29, 0.717) is 18.8 Å². The van der Waals surface area contributed by atoms with Gasteiger partial charge in [-0.3, -0.25) is 9.59 Å². The van der Waals surface area contributed by atoms with E-state index < -0.39 is 5.97 Å². The van der Waals surface area contributed by atoms with Gasteiger partial charge in [-0.1, -0.05) is 0 Å². The normalized spacial score (nSPS) is 16.1. The van der Waals surface area contributed by atoms with Crippen molar-refractivity contribution in [2.45, 2.75) is 32.2 Å². The zero-order valence-electron chi connectivity index (χ0n) is 11.6. The summed E-state index contributed by atoms with van der Waals surface area (Å²) in [6.07, 6.45) is 4.92. The van der Waals surface area contributed by atoms with Crippen LogP contribution in [0.1, 0.15) is 35.2 Å². The third-order valence-corrected chi connectivity index (χ3v) is 3.64. The number of carboxylic acid groups (broad SMARTS) is 1. The quantitative estimate of drug-likeness (QED) is 0.854. The molecule has 1 fully saturated rings. The first-order valence-electron chi connectivity index (χ1n) is 6.83. The maximum Gasteiger partial charge on any atom is 0.305 e. The molecule has 20 heavy (non-hydrogen) atoms. The molecule has 0 spiro atoms. The predicted octanol–water partition coefficient (Wildman–Crippen LogP) is 1.42. The zero-order valence-corrected chi connectivity index (χ0v) is 11.6. The Bertz CT molecular complexity index is 477. The number of carboxylic acids is 1. The summed E-state index contributed by atoms with van der Waals surface area (Å²) in [6, 6.07) is 0.0601. The lowest BCUT2D eigenvalue weighted by atomic mass is 10.0. The number of hydrogen-bond donors (Lipinski definition) is 2. The summed E-state index contributed by atoms with van der Waals surface area (Å²) in [7, 11) is 0. The average molecular weight is 280 g/mol. The summed E-state index contributed by atoms with van der Waals surface area (Å²) >= 11 is 0. The van der Waals surface area contributed by atoms with E-state index in [1.165, 1.54) is 0 Å². The number of nitrogens with zero attached hydrogens (tertiary/aromatic N) is 1. The van der Waals surface area contributed by atoms with Gasteiger partial charge in [0.2, 0.25) is 0 Å². The number of hydrogen-bond acceptors (Lipinski definition) is 3. The number of aromatic amines is 1. The molecule has 0 unspecified atom stereocenters. The summed E-state index contributed by atoms with van der Waals surface area (Å²) in [4.78, 5) is 28.0. The van der Waals surface area contributed by atoms with Gasteiger partial charge in [-0.15, -0.1) is 0 Å². The van der Waals surface area contributed by atoms with Crippen molar-refractivity contribution in [1.29, 1.82) is 0 Å². The molecular weight excluding hydrogens is 260 g/mol. The molecule has 6 nitrogen and oxygen atoms in total. The number of nitrogens with one attached hydrogen (secondary N) is 1. The van der Waals surface area contributed by atoms with E-state index >= 15 is 0 Å². The summed E-state index contributed by atoms with van der Waals surface area (Å²) in [5.74, 6) is -0.988. The lowest BCUT2D eigenvalue weighted by Gasteiger charge is -2.34. The minimum Gasteiger partial charge on any atom is -0.481 e. The highest BCUT2D eigenvalue weighted by molar-refractivity contribution is 5.95. The molecule has 2 heterocycles. The fourth-order valence-electron chi connectivity index (χ4n) is 2.49. The van der Waals surface area contributed by atoms with Crippen LogP contribution < -0.4 is 0 Å². The van der Waals surface area contributed by atoms with E-state index in [4.69, 9.17) is 9.84 Å². The van der Waals surface area contributed by atoms with Gasteiger partial charge in [0.05, 0.1) is 12.0 Å². The van der Waals surface area contributed by atoms with E-state index in [-0.39, 0.29) is 24.9 Å². The number of aryl methyl sites for hydroxylation is 1. The van der Waals surface area contributed by atoms with Crippen LogP contribution in [0.4, 0.5) is 0 Å². The van der Waals surface area contributed by atoms with E-state index in [1.54, 1.807) is 17.3 Å². The molecule has 0 bridgehead atoms. The Balaban J connectivity index is 2.14. The van der Waals surface area contributed by atoms with Crippen molar-refractivity contribution < 1.29 is 19.4 Å². The van der Waals surface area contributed by atoms with Crippen LogP contribution >= 0.6 is 0 Å². The van der Waals surface area contributed by atoms with Crippen molar-refractivity contribution in [3.63, 3.8) is 0 Å². The van der Waals surface area contributed by atoms with E-state index in [9.17, 15) is 9.59 Å². The van der Waals surface area contributed by atoms with Gasteiger partial charge >= 0.3 is 5.97 Å². The molecule has 0 aliphatic carbocycles. The van der Waals surface area contributed by atoms with Gasteiger partial charge in [-0.05, 0) is 25.3 Å². The Morgan fingerprint density at radius 3 is 2.65 bits per heavy atom. The van der Waals surface area contributed by atoms with E-state index in [2.05, 4.69) is 4.98 Å². The van der Waals surface area contributed by atoms with Crippen molar-refractivity contribution in [1.82, 2.24) is 9.88 Å². The summed E-state index contributed by atoms with van der Waals surface area (Å²) < 4.78 is 5.31. The number of carbonyl (C=O) groups is 2. The molecule has 0 radical (unpaired) electrons.